The van der Waals surface area contributed by atoms with Crippen LogP contribution in [0.4, 0.5) is 0 Å². The fourth-order valence-corrected chi connectivity index (χ4v) is 3.33. The van der Waals surface area contributed by atoms with Crippen molar-refractivity contribution in [1.29, 1.82) is 0 Å². The highest BCUT2D eigenvalue weighted by atomic mass is 35.5. The largest absolute Gasteiger partial charge is 0.243 e. The van der Waals surface area contributed by atoms with E-state index in [1.807, 2.05) is 13.0 Å². The molecule has 0 aromatic heterocycles. The first-order valence-corrected chi connectivity index (χ1v) is 7.12. The lowest BCUT2D eigenvalue weighted by atomic mass is 10.2. The molecule has 0 aliphatic rings. The summed E-state index contributed by atoms with van der Waals surface area (Å²) >= 11 is 5.59. The number of alkyl halides is 1. The first-order valence-electron chi connectivity index (χ1n) is 5.15. The number of rotatable bonds is 5. The molecule has 0 atom stereocenters. The highest BCUT2D eigenvalue weighted by Gasteiger charge is 2.22. The lowest BCUT2D eigenvalue weighted by Crippen LogP contribution is -2.32. The predicted octanol–water partition coefficient (Wildman–Crippen LogP) is 2.24. The third-order valence-corrected chi connectivity index (χ3v) is 4.45. The SMILES string of the molecule is CCN(CCCl)S(=O)(=O)c1cccc(C)c1. The minimum Gasteiger partial charge on any atom is -0.207 e. The molecule has 5 heteroatoms. The molecule has 0 amide bonds. The molecule has 0 heterocycles. The van der Waals surface area contributed by atoms with Crippen molar-refractivity contribution in [2.75, 3.05) is 19.0 Å². The molecule has 0 aliphatic carbocycles. The summed E-state index contributed by atoms with van der Waals surface area (Å²) in [6.07, 6.45) is 0. The second kappa shape index (κ2) is 5.66. The summed E-state index contributed by atoms with van der Waals surface area (Å²) in [5, 5.41) is 0. The molecular weight excluding hydrogens is 246 g/mol. The van der Waals surface area contributed by atoms with Gasteiger partial charge in [0.1, 0.15) is 0 Å². The number of sulfonamides is 1. The van der Waals surface area contributed by atoms with Gasteiger partial charge in [0.2, 0.25) is 10.0 Å². The molecule has 0 radical (unpaired) electrons. The summed E-state index contributed by atoms with van der Waals surface area (Å²) in [5.74, 6) is 0.304. The van der Waals surface area contributed by atoms with Gasteiger partial charge >= 0.3 is 0 Å². The number of nitrogens with zero attached hydrogens (tertiary/aromatic N) is 1. The summed E-state index contributed by atoms with van der Waals surface area (Å²) in [5.41, 5.74) is 0.933. The fraction of sp³-hybridized carbons (Fsp3) is 0.455. The van der Waals surface area contributed by atoms with Gasteiger partial charge in [-0.2, -0.15) is 4.31 Å². The van der Waals surface area contributed by atoms with Crippen molar-refractivity contribution in [1.82, 2.24) is 4.31 Å². The van der Waals surface area contributed by atoms with Gasteiger partial charge in [0, 0.05) is 19.0 Å². The van der Waals surface area contributed by atoms with E-state index in [1.54, 1.807) is 25.1 Å². The van der Waals surface area contributed by atoms with Crippen LogP contribution in [0.2, 0.25) is 0 Å². The first-order chi connectivity index (χ1) is 7.52. The Bertz CT molecular complexity index is 445. The van der Waals surface area contributed by atoms with E-state index in [9.17, 15) is 8.42 Å². The highest BCUT2D eigenvalue weighted by molar-refractivity contribution is 7.89. The van der Waals surface area contributed by atoms with Gasteiger partial charge in [0.05, 0.1) is 4.90 Å². The molecule has 3 nitrogen and oxygen atoms in total. The summed E-state index contributed by atoms with van der Waals surface area (Å²) in [6, 6.07) is 6.90. The van der Waals surface area contributed by atoms with E-state index in [4.69, 9.17) is 11.6 Å². The quantitative estimate of drug-likeness (QED) is 0.763. The van der Waals surface area contributed by atoms with Gasteiger partial charge in [0.15, 0.2) is 0 Å². The van der Waals surface area contributed by atoms with Crippen LogP contribution in [0.15, 0.2) is 29.2 Å². The Balaban J connectivity index is 3.09. The van der Waals surface area contributed by atoms with Crippen molar-refractivity contribution in [2.24, 2.45) is 0 Å². The van der Waals surface area contributed by atoms with E-state index in [-0.39, 0.29) is 0 Å². The smallest absolute Gasteiger partial charge is 0.207 e. The van der Waals surface area contributed by atoms with Crippen LogP contribution in [0.1, 0.15) is 12.5 Å². The van der Waals surface area contributed by atoms with Crippen LogP contribution in [-0.2, 0) is 10.0 Å². The third-order valence-electron chi connectivity index (χ3n) is 2.31. The van der Waals surface area contributed by atoms with Crippen LogP contribution in [-0.4, -0.2) is 31.7 Å². The minimum atomic E-state index is -3.39. The Hall–Kier alpha value is -0.580. The van der Waals surface area contributed by atoms with Crippen molar-refractivity contribution < 1.29 is 8.42 Å². The van der Waals surface area contributed by atoms with Gasteiger partial charge in [-0.15, -0.1) is 11.6 Å². The van der Waals surface area contributed by atoms with Gasteiger partial charge in [-0.3, -0.25) is 0 Å². The summed E-state index contributed by atoms with van der Waals surface area (Å²) in [7, 11) is -3.39. The van der Waals surface area contributed by atoms with E-state index in [0.717, 1.165) is 5.56 Å². The van der Waals surface area contributed by atoms with E-state index < -0.39 is 10.0 Å². The van der Waals surface area contributed by atoms with Gasteiger partial charge in [0.25, 0.3) is 0 Å². The normalized spacial score (nSPS) is 12.0. The van der Waals surface area contributed by atoms with Crippen molar-refractivity contribution in [3.05, 3.63) is 29.8 Å². The van der Waals surface area contributed by atoms with Gasteiger partial charge in [-0.25, -0.2) is 8.42 Å². The lowest BCUT2D eigenvalue weighted by Gasteiger charge is -2.19. The predicted molar refractivity (Wildman–Crippen MR) is 66.3 cm³/mol. The van der Waals surface area contributed by atoms with Crippen LogP contribution in [0, 0.1) is 6.92 Å². The van der Waals surface area contributed by atoms with Crippen molar-refractivity contribution in [3.63, 3.8) is 0 Å². The summed E-state index contributed by atoms with van der Waals surface area (Å²) < 4.78 is 25.7. The molecule has 0 aliphatic heterocycles. The lowest BCUT2D eigenvalue weighted by molar-refractivity contribution is 0.447. The van der Waals surface area contributed by atoms with E-state index in [0.29, 0.717) is 23.9 Å². The number of halogens is 1. The Morgan fingerprint density at radius 3 is 2.56 bits per heavy atom. The number of hydrogen-bond donors (Lipinski definition) is 0. The Labute approximate surface area is 102 Å². The van der Waals surface area contributed by atoms with Crippen molar-refractivity contribution in [3.8, 4) is 0 Å². The van der Waals surface area contributed by atoms with Crippen molar-refractivity contribution >= 4 is 21.6 Å². The molecule has 1 aromatic rings. The van der Waals surface area contributed by atoms with Crippen LogP contribution in [0.5, 0.6) is 0 Å². The Morgan fingerprint density at radius 1 is 1.38 bits per heavy atom. The summed E-state index contributed by atoms with van der Waals surface area (Å²) in [6.45, 7) is 4.45. The van der Waals surface area contributed by atoms with Crippen LogP contribution < -0.4 is 0 Å². The molecule has 90 valence electrons. The minimum absolute atomic E-state index is 0.304. The molecule has 0 saturated heterocycles. The Kier molecular flexibility index (Phi) is 4.77. The maximum absolute atomic E-state index is 12.2. The van der Waals surface area contributed by atoms with Crippen LogP contribution in [0.3, 0.4) is 0 Å². The van der Waals surface area contributed by atoms with E-state index in [2.05, 4.69) is 0 Å². The molecule has 0 spiro atoms. The molecule has 1 aromatic carbocycles. The zero-order valence-corrected chi connectivity index (χ0v) is 11.1. The molecule has 0 unspecified atom stereocenters. The molecule has 0 saturated carbocycles. The maximum atomic E-state index is 12.2. The number of aryl methyl sites for hydroxylation is 1. The number of hydrogen-bond acceptors (Lipinski definition) is 2. The molecule has 1 rings (SSSR count). The second-order valence-corrected chi connectivity index (χ2v) is 5.82. The molecular formula is C11H16ClNO2S. The van der Waals surface area contributed by atoms with E-state index >= 15 is 0 Å². The Morgan fingerprint density at radius 2 is 2.06 bits per heavy atom. The standard InChI is InChI=1S/C11H16ClNO2S/c1-3-13(8-7-12)16(14,15)11-6-4-5-10(2)9-11/h4-6,9H,3,7-8H2,1-2H3. The first kappa shape index (κ1) is 13.5. The molecule has 0 N–H and O–H groups in total. The average Bonchev–Trinajstić information content (AvgIpc) is 2.25. The maximum Gasteiger partial charge on any atom is 0.243 e. The molecule has 0 bridgehead atoms. The topological polar surface area (TPSA) is 37.4 Å². The van der Waals surface area contributed by atoms with Crippen molar-refractivity contribution in [2.45, 2.75) is 18.7 Å². The van der Waals surface area contributed by atoms with Crippen LogP contribution >= 0.6 is 11.6 Å². The molecule has 0 fully saturated rings. The zero-order valence-electron chi connectivity index (χ0n) is 9.48. The monoisotopic (exact) mass is 261 g/mol. The summed E-state index contributed by atoms with van der Waals surface area (Å²) in [4.78, 5) is 0.333. The molecule has 16 heavy (non-hydrogen) atoms. The zero-order chi connectivity index (χ0) is 12.2. The highest BCUT2D eigenvalue weighted by Crippen LogP contribution is 2.16. The average molecular weight is 262 g/mol. The number of benzene rings is 1. The van der Waals surface area contributed by atoms with Gasteiger partial charge in [-0.1, -0.05) is 19.1 Å². The fourth-order valence-electron chi connectivity index (χ4n) is 1.47. The van der Waals surface area contributed by atoms with E-state index in [1.165, 1.54) is 4.31 Å². The third kappa shape index (κ3) is 2.97. The van der Waals surface area contributed by atoms with Crippen LogP contribution in [0.25, 0.3) is 0 Å². The van der Waals surface area contributed by atoms with Gasteiger partial charge in [-0.05, 0) is 24.6 Å². The van der Waals surface area contributed by atoms with Gasteiger partial charge < -0.3 is 0 Å². The second-order valence-electron chi connectivity index (χ2n) is 3.50.